The highest BCUT2D eigenvalue weighted by Gasteiger charge is 2.48. The monoisotopic (exact) mass is 455 g/mol. The molecule has 2 aromatic rings. The summed E-state index contributed by atoms with van der Waals surface area (Å²) in [5, 5.41) is 3.30. The number of rotatable bonds is 8. The van der Waals surface area contributed by atoms with E-state index in [4.69, 9.17) is 9.15 Å². The molecule has 1 saturated carbocycles. The lowest BCUT2D eigenvalue weighted by molar-refractivity contribution is -0.133. The van der Waals surface area contributed by atoms with Crippen molar-refractivity contribution in [2.75, 3.05) is 13.2 Å². The predicted octanol–water partition coefficient (Wildman–Crippen LogP) is 4.62. The van der Waals surface area contributed by atoms with Gasteiger partial charge in [0.15, 0.2) is 0 Å². The summed E-state index contributed by atoms with van der Waals surface area (Å²) in [7, 11) is 0. The lowest BCUT2D eigenvalue weighted by Crippen LogP contribution is -2.65. The molecule has 1 aliphatic heterocycles. The molecule has 2 amide bonds. The SMILES string of the molecule is CC(C)OCCCN1C(=O)c2ccc(-c3ccco3)n2C[C@@]1(C)C(=O)NC1CCCCCC1. The van der Waals surface area contributed by atoms with Gasteiger partial charge in [-0.25, -0.2) is 0 Å². The molecule has 1 aliphatic carbocycles. The zero-order chi connectivity index (χ0) is 23.4. The summed E-state index contributed by atoms with van der Waals surface area (Å²) >= 11 is 0. The van der Waals surface area contributed by atoms with Crippen LogP contribution in [0.2, 0.25) is 0 Å². The molecule has 0 saturated heterocycles. The number of hydrogen-bond acceptors (Lipinski definition) is 4. The van der Waals surface area contributed by atoms with E-state index in [1.165, 1.54) is 12.8 Å². The maximum absolute atomic E-state index is 13.8. The van der Waals surface area contributed by atoms with Crippen molar-refractivity contribution >= 4 is 11.8 Å². The summed E-state index contributed by atoms with van der Waals surface area (Å²) < 4.78 is 13.2. The Morgan fingerprint density at radius 3 is 2.58 bits per heavy atom. The Morgan fingerprint density at radius 1 is 1.18 bits per heavy atom. The number of amides is 2. The number of fused-ring (bicyclic) bond motifs is 1. The van der Waals surface area contributed by atoms with E-state index in [9.17, 15) is 9.59 Å². The molecule has 180 valence electrons. The van der Waals surface area contributed by atoms with Gasteiger partial charge in [0.05, 0.1) is 24.6 Å². The molecule has 0 spiro atoms. The predicted molar refractivity (Wildman–Crippen MR) is 127 cm³/mol. The Hall–Kier alpha value is -2.54. The van der Waals surface area contributed by atoms with E-state index in [1.807, 2.05) is 49.6 Å². The maximum atomic E-state index is 13.8. The van der Waals surface area contributed by atoms with Crippen LogP contribution in [0.25, 0.3) is 11.5 Å². The highest BCUT2D eigenvalue weighted by Crippen LogP contribution is 2.34. The van der Waals surface area contributed by atoms with Gasteiger partial charge >= 0.3 is 0 Å². The molecule has 7 nitrogen and oxygen atoms in total. The first kappa shape index (κ1) is 23.6. The zero-order valence-corrected chi connectivity index (χ0v) is 20.1. The first-order valence-corrected chi connectivity index (χ1v) is 12.4. The van der Waals surface area contributed by atoms with E-state index < -0.39 is 5.54 Å². The molecule has 0 bridgehead atoms. The Labute approximate surface area is 196 Å². The van der Waals surface area contributed by atoms with Crippen LogP contribution in [-0.2, 0) is 16.1 Å². The standard InChI is InChI=1S/C26H37N3O4/c1-19(2)32-17-9-15-29-24(30)22-14-13-21(23-12-8-16-33-23)28(22)18-26(29,3)25(31)27-20-10-6-4-5-7-11-20/h8,12-14,16,19-20H,4-7,9-11,15,17-18H2,1-3H3,(H,27,31)/t26-/m0/s1. The van der Waals surface area contributed by atoms with Gasteiger partial charge in [-0.15, -0.1) is 0 Å². The quantitative estimate of drug-likeness (QED) is 0.466. The number of aromatic nitrogens is 1. The molecule has 7 heteroatoms. The highest BCUT2D eigenvalue weighted by atomic mass is 16.5. The average molecular weight is 456 g/mol. The van der Waals surface area contributed by atoms with Gasteiger partial charge in [-0.2, -0.15) is 0 Å². The van der Waals surface area contributed by atoms with Crippen molar-refractivity contribution in [3.63, 3.8) is 0 Å². The highest BCUT2D eigenvalue weighted by molar-refractivity contribution is 6.00. The van der Waals surface area contributed by atoms with Crippen LogP contribution in [0.15, 0.2) is 34.9 Å². The summed E-state index contributed by atoms with van der Waals surface area (Å²) in [6, 6.07) is 7.63. The van der Waals surface area contributed by atoms with Crippen LogP contribution < -0.4 is 5.32 Å². The van der Waals surface area contributed by atoms with Gasteiger partial charge in [-0.3, -0.25) is 9.59 Å². The van der Waals surface area contributed by atoms with Gasteiger partial charge in [-0.05, 0) is 64.3 Å². The Morgan fingerprint density at radius 2 is 1.91 bits per heavy atom. The molecule has 2 aromatic heterocycles. The number of carbonyl (C=O) groups is 2. The smallest absolute Gasteiger partial charge is 0.271 e. The Kier molecular flexibility index (Phi) is 7.27. The minimum Gasteiger partial charge on any atom is -0.463 e. The normalized spacial score (nSPS) is 21.8. The van der Waals surface area contributed by atoms with Crippen LogP contribution in [0, 0.1) is 0 Å². The summed E-state index contributed by atoms with van der Waals surface area (Å²) in [6.07, 6.45) is 9.19. The molecule has 33 heavy (non-hydrogen) atoms. The maximum Gasteiger partial charge on any atom is 0.271 e. The number of nitrogens with one attached hydrogen (secondary N) is 1. The van der Waals surface area contributed by atoms with Crippen molar-refractivity contribution in [2.45, 2.75) is 89.9 Å². The van der Waals surface area contributed by atoms with Gasteiger partial charge in [0.25, 0.3) is 5.91 Å². The number of ether oxygens (including phenoxy) is 1. The second-order valence-corrected chi connectivity index (χ2v) is 9.83. The molecule has 1 N–H and O–H groups in total. The van der Waals surface area contributed by atoms with Crippen molar-refractivity contribution in [3.8, 4) is 11.5 Å². The summed E-state index contributed by atoms with van der Waals surface area (Å²) in [5.74, 6) is 0.499. The second-order valence-electron chi connectivity index (χ2n) is 9.83. The second kappa shape index (κ2) is 10.2. The first-order valence-electron chi connectivity index (χ1n) is 12.4. The van der Waals surface area contributed by atoms with E-state index >= 15 is 0 Å². The summed E-state index contributed by atoms with van der Waals surface area (Å²) in [5.41, 5.74) is 0.416. The molecule has 0 aromatic carbocycles. The van der Waals surface area contributed by atoms with E-state index in [0.717, 1.165) is 31.4 Å². The van der Waals surface area contributed by atoms with E-state index in [-0.39, 0.29) is 24.0 Å². The van der Waals surface area contributed by atoms with Gasteiger partial charge in [-0.1, -0.05) is 25.7 Å². The fourth-order valence-corrected chi connectivity index (χ4v) is 5.07. The Balaban J connectivity index is 1.61. The minimum absolute atomic E-state index is 0.0720. The first-order chi connectivity index (χ1) is 15.9. The number of hydrogen-bond donors (Lipinski definition) is 1. The van der Waals surface area contributed by atoms with Crippen LogP contribution in [0.5, 0.6) is 0 Å². The van der Waals surface area contributed by atoms with Gasteiger partial charge in [0, 0.05) is 19.2 Å². The third-order valence-electron chi connectivity index (χ3n) is 6.94. The number of furan rings is 1. The van der Waals surface area contributed by atoms with Gasteiger partial charge in [0.2, 0.25) is 5.91 Å². The molecule has 0 unspecified atom stereocenters. The Bertz CT molecular complexity index is 941. The number of carbonyl (C=O) groups excluding carboxylic acids is 2. The lowest BCUT2D eigenvalue weighted by Gasteiger charge is -2.45. The topological polar surface area (TPSA) is 76.7 Å². The van der Waals surface area contributed by atoms with E-state index in [1.54, 1.807) is 11.2 Å². The number of nitrogens with zero attached hydrogens (tertiary/aromatic N) is 2. The van der Waals surface area contributed by atoms with E-state index in [0.29, 0.717) is 37.6 Å². The molecular formula is C26H37N3O4. The van der Waals surface area contributed by atoms with Crippen molar-refractivity contribution in [1.82, 2.24) is 14.8 Å². The molecule has 2 aliphatic rings. The average Bonchev–Trinajstić information content (AvgIpc) is 3.38. The van der Waals surface area contributed by atoms with Crippen molar-refractivity contribution in [2.24, 2.45) is 0 Å². The molecular weight excluding hydrogens is 418 g/mol. The fraction of sp³-hybridized carbons (Fsp3) is 0.615. The van der Waals surface area contributed by atoms with Gasteiger partial charge < -0.3 is 23.9 Å². The van der Waals surface area contributed by atoms with Crippen molar-refractivity contribution in [1.29, 1.82) is 0 Å². The van der Waals surface area contributed by atoms with Gasteiger partial charge in [0.1, 0.15) is 17.0 Å². The summed E-state index contributed by atoms with van der Waals surface area (Å²) in [6.45, 7) is 7.32. The van der Waals surface area contributed by atoms with Crippen LogP contribution in [0.4, 0.5) is 0 Å². The van der Waals surface area contributed by atoms with Crippen molar-refractivity contribution in [3.05, 3.63) is 36.2 Å². The van der Waals surface area contributed by atoms with Crippen LogP contribution >= 0.6 is 0 Å². The molecule has 3 heterocycles. The lowest BCUT2D eigenvalue weighted by atomic mass is 9.93. The van der Waals surface area contributed by atoms with E-state index in [2.05, 4.69) is 5.32 Å². The third kappa shape index (κ3) is 5.03. The fourth-order valence-electron chi connectivity index (χ4n) is 5.07. The molecule has 0 radical (unpaired) electrons. The van der Waals surface area contributed by atoms with Crippen LogP contribution in [0.1, 0.15) is 76.2 Å². The van der Waals surface area contributed by atoms with Crippen LogP contribution in [0.3, 0.4) is 0 Å². The third-order valence-corrected chi connectivity index (χ3v) is 6.94. The zero-order valence-electron chi connectivity index (χ0n) is 20.1. The molecule has 1 fully saturated rings. The molecule has 4 rings (SSSR count). The van der Waals surface area contributed by atoms with Crippen molar-refractivity contribution < 1.29 is 18.7 Å². The summed E-state index contributed by atoms with van der Waals surface area (Å²) in [4.78, 5) is 29.2. The van der Waals surface area contributed by atoms with Crippen LogP contribution in [-0.4, -0.2) is 52.1 Å². The molecule has 1 atom stereocenters. The minimum atomic E-state index is -0.991. The largest absolute Gasteiger partial charge is 0.463 e.